The van der Waals surface area contributed by atoms with Crippen LogP contribution in [-0.4, -0.2) is 15.3 Å². The zero-order valence-corrected chi connectivity index (χ0v) is 12.3. The van der Waals surface area contributed by atoms with Crippen molar-refractivity contribution in [1.82, 2.24) is 9.55 Å². The molecule has 0 unspecified atom stereocenters. The molecule has 0 aliphatic carbocycles. The van der Waals surface area contributed by atoms with E-state index < -0.39 is 0 Å². The lowest BCUT2D eigenvalue weighted by Gasteiger charge is -2.05. The monoisotopic (exact) mass is 374 g/mol. The first-order valence-electron chi connectivity index (χ1n) is 6.04. The molecule has 2 aromatic carbocycles. The molecule has 0 saturated carbocycles. The molecule has 1 aliphatic heterocycles. The smallest absolute Gasteiger partial charge is 0.266 e. The van der Waals surface area contributed by atoms with Gasteiger partial charge >= 0.3 is 0 Å². The van der Waals surface area contributed by atoms with Crippen molar-refractivity contribution >= 4 is 39.3 Å². The molecule has 2 heterocycles. The Labute approximate surface area is 127 Å². The number of halogens is 1. The van der Waals surface area contributed by atoms with E-state index in [1.807, 2.05) is 18.2 Å². The molecule has 0 bridgehead atoms. The highest BCUT2D eigenvalue weighted by molar-refractivity contribution is 14.1. The summed E-state index contributed by atoms with van der Waals surface area (Å²) >= 11 is 2.11. The molecule has 0 N–H and O–H groups in total. The van der Waals surface area contributed by atoms with E-state index in [0.29, 0.717) is 22.2 Å². The predicted octanol–water partition coefficient (Wildman–Crippen LogP) is 2.53. The van der Waals surface area contributed by atoms with Gasteiger partial charge in [-0.1, -0.05) is 18.2 Å². The second kappa shape index (κ2) is 3.99. The molecule has 0 radical (unpaired) electrons. The highest BCUT2D eigenvalue weighted by Crippen LogP contribution is 2.29. The average Bonchev–Trinajstić information content (AvgIpc) is 2.74. The van der Waals surface area contributed by atoms with Crippen molar-refractivity contribution in [2.24, 2.45) is 0 Å². The summed E-state index contributed by atoms with van der Waals surface area (Å²) in [5.41, 5.74) is 1.55. The van der Waals surface area contributed by atoms with E-state index in [-0.39, 0.29) is 17.2 Å². The standard InChI is InChI=1S/C15H7IN2O2/c16-9-5-3-7-11-12(9)13(19)14-17-10-6-2-1-4-8(10)15(20)18(11)14/h1-7H. The number of carbonyl (C=O) groups is 1. The van der Waals surface area contributed by atoms with Gasteiger partial charge in [-0.25, -0.2) is 4.98 Å². The van der Waals surface area contributed by atoms with Gasteiger partial charge in [-0.05, 0) is 46.9 Å². The minimum Gasteiger partial charge on any atom is -0.285 e. The molecule has 0 atom stereocenters. The second-order valence-electron chi connectivity index (χ2n) is 4.56. The maximum Gasteiger partial charge on any atom is 0.266 e. The van der Waals surface area contributed by atoms with Crippen molar-refractivity contribution < 1.29 is 4.79 Å². The molecule has 4 nitrogen and oxygen atoms in total. The first-order valence-corrected chi connectivity index (χ1v) is 7.12. The van der Waals surface area contributed by atoms with E-state index in [1.165, 1.54) is 4.57 Å². The summed E-state index contributed by atoms with van der Waals surface area (Å²) in [5, 5.41) is 0.524. The van der Waals surface area contributed by atoms with Crippen molar-refractivity contribution in [3.05, 3.63) is 67.8 Å². The number of rotatable bonds is 0. The van der Waals surface area contributed by atoms with Crippen LogP contribution in [0.1, 0.15) is 16.2 Å². The molecule has 96 valence electrons. The lowest BCUT2D eigenvalue weighted by molar-refractivity contribution is 0.103. The maximum absolute atomic E-state index is 12.6. The lowest BCUT2D eigenvalue weighted by atomic mass is 10.1. The summed E-state index contributed by atoms with van der Waals surface area (Å²) in [6, 6.07) is 12.6. The van der Waals surface area contributed by atoms with Gasteiger partial charge in [0, 0.05) is 3.57 Å². The Bertz CT molecular complexity index is 960. The Morgan fingerprint density at radius 3 is 2.65 bits per heavy atom. The van der Waals surface area contributed by atoms with Gasteiger partial charge in [0.15, 0.2) is 5.82 Å². The zero-order chi connectivity index (χ0) is 13.9. The molecule has 3 aromatic rings. The summed E-state index contributed by atoms with van der Waals surface area (Å²) in [7, 11) is 0. The summed E-state index contributed by atoms with van der Waals surface area (Å²) in [5.74, 6) is 0.0145. The first-order chi connectivity index (χ1) is 9.68. The van der Waals surface area contributed by atoms with Gasteiger partial charge in [0.25, 0.3) is 5.56 Å². The van der Waals surface area contributed by atoms with E-state index >= 15 is 0 Å². The quantitative estimate of drug-likeness (QED) is 0.445. The van der Waals surface area contributed by atoms with Gasteiger partial charge in [-0.2, -0.15) is 0 Å². The topological polar surface area (TPSA) is 52.0 Å². The SMILES string of the molecule is O=C1c2c(I)cccc2-n2c1nc1ccccc1c2=O. The van der Waals surface area contributed by atoms with Gasteiger partial charge in [-0.15, -0.1) is 0 Å². The van der Waals surface area contributed by atoms with Crippen LogP contribution in [0.3, 0.4) is 0 Å². The fourth-order valence-electron chi connectivity index (χ4n) is 2.54. The normalized spacial score (nSPS) is 12.6. The van der Waals surface area contributed by atoms with Crippen molar-refractivity contribution in [3.8, 4) is 5.69 Å². The number of benzene rings is 2. The van der Waals surface area contributed by atoms with Crippen LogP contribution in [0.5, 0.6) is 0 Å². The fourth-order valence-corrected chi connectivity index (χ4v) is 3.27. The first kappa shape index (κ1) is 11.8. The molecule has 0 spiro atoms. The summed E-state index contributed by atoms with van der Waals surface area (Å²) in [6.07, 6.45) is 0. The molecule has 1 aromatic heterocycles. The summed E-state index contributed by atoms with van der Waals surface area (Å²) < 4.78 is 2.25. The molecule has 0 fully saturated rings. The van der Waals surface area contributed by atoms with Gasteiger partial charge in [0.2, 0.25) is 5.78 Å². The van der Waals surface area contributed by atoms with E-state index in [4.69, 9.17) is 0 Å². The molecule has 1 aliphatic rings. The number of aromatic nitrogens is 2. The van der Waals surface area contributed by atoms with Crippen LogP contribution in [0.2, 0.25) is 0 Å². The van der Waals surface area contributed by atoms with Gasteiger partial charge < -0.3 is 0 Å². The fraction of sp³-hybridized carbons (Fsp3) is 0. The highest BCUT2D eigenvalue weighted by atomic mass is 127. The van der Waals surface area contributed by atoms with Crippen LogP contribution < -0.4 is 5.56 Å². The van der Waals surface area contributed by atoms with Crippen molar-refractivity contribution in [2.75, 3.05) is 0 Å². The number of hydrogen-bond acceptors (Lipinski definition) is 3. The molecular weight excluding hydrogens is 367 g/mol. The Hall–Kier alpha value is -2.02. The number of fused-ring (bicyclic) bond motifs is 4. The Balaban J connectivity index is 2.23. The minimum atomic E-state index is -0.195. The third kappa shape index (κ3) is 1.38. The van der Waals surface area contributed by atoms with Crippen LogP contribution in [-0.2, 0) is 0 Å². The highest BCUT2D eigenvalue weighted by Gasteiger charge is 2.31. The van der Waals surface area contributed by atoms with Crippen molar-refractivity contribution in [3.63, 3.8) is 0 Å². The van der Waals surface area contributed by atoms with Crippen molar-refractivity contribution in [2.45, 2.75) is 0 Å². The maximum atomic E-state index is 12.6. The second-order valence-corrected chi connectivity index (χ2v) is 5.72. The lowest BCUT2D eigenvalue weighted by Crippen LogP contribution is -2.21. The minimum absolute atomic E-state index is 0.187. The predicted molar refractivity (Wildman–Crippen MR) is 83.5 cm³/mol. The summed E-state index contributed by atoms with van der Waals surface area (Å²) in [6.45, 7) is 0. The molecule has 4 rings (SSSR count). The zero-order valence-electron chi connectivity index (χ0n) is 10.1. The van der Waals surface area contributed by atoms with Gasteiger partial charge in [0.1, 0.15) is 0 Å². The van der Waals surface area contributed by atoms with Crippen molar-refractivity contribution in [1.29, 1.82) is 0 Å². The third-order valence-electron chi connectivity index (χ3n) is 3.44. The number of ketones is 1. The molecular formula is C15H7IN2O2. The van der Waals surface area contributed by atoms with E-state index in [1.54, 1.807) is 24.3 Å². The van der Waals surface area contributed by atoms with E-state index in [2.05, 4.69) is 27.6 Å². The van der Waals surface area contributed by atoms with Crippen LogP contribution in [0, 0.1) is 3.57 Å². The summed E-state index contributed by atoms with van der Waals surface area (Å²) in [4.78, 5) is 29.4. The van der Waals surface area contributed by atoms with Gasteiger partial charge in [0.05, 0.1) is 22.2 Å². The van der Waals surface area contributed by atoms with E-state index in [0.717, 1.165) is 3.57 Å². The van der Waals surface area contributed by atoms with E-state index in [9.17, 15) is 9.59 Å². The van der Waals surface area contributed by atoms with Crippen LogP contribution in [0.4, 0.5) is 0 Å². The average molecular weight is 374 g/mol. The Kier molecular flexibility index (Phi) is 2.35. The van der Waals surface area contributed by atoms with Crippen LogP contribution >= 0.6 is 22.6 Å². The van der Waals surface area contributed by atoms with Crippen LogP contribution in [0.25, 0.3) is 16.6 Å². The van der Waals surface area contributed by atoms with Crippen LogP contribution in [0.15, 0.2) is 47.3 Å². The van der Waals surface area contributed by atoms with Gasteiger partial charge in [-0.3, -0.25) is 14.2 Å². The largest absolute Gasteiger partial charge is 0.285 e. The number of para-hydroxylation sites is 1. The molecule has 0 saturated heterocycles. The Morgan fingerprint density at radius 1 is 1.00 bits per heavy atom. The molecule has 5 heteroatoms. The third-order valence-corrected chi connectivity index (χ3v) is 4.34. The number of nitrogens with zero attached hydrogens (tertiary/aromatic N) is 2. The number of hydrogen-bond donors (Lipinski definition) is 0. The number of carbonyl (C=O) groups excluding carboxylic acids is 1. The molecule has 20 heavy (non-hydrogen) atoms. The molecule has 0 amide bonds. The Morgan fingerprint density at radius 2 is 1.80 bits per heavy atom.